The molecule has 0 spiro atoms. The molecular weight excluding hydrogens is 392 g/mol. The van der Waals surface area contributed by atoms with Gasteiger partial charge in [-0.1, -0.05) is 11.6 Å². The Hall–Kier alpha value is -2.09. The standard InChI is InChI=1S/C18H15ClN2O3S2/c19-13-6-11(7-15-16(13)24-4-1-3-23-15)8-20-17(22)14-10-26-18(21-14)12-2-5-25-9-12/h2,5-7,9-10H,1,3-4,8H2,(H,20,22). The van der Waals surface area contributed by atoms with Gasteiger partial charge in [0.25, 0.3) is 5.91 Å². The maximum Gasteiger partial charge on any atom is 0.271 e. The summed E-state index contributed by atoms with van der Waals surface area (Å²) >= 11 is 9.35. The molecule has 0 aliphatic carbocycles. The lowest BCUT2D eigenvalue weighted by atomic mass is 10.2. The van der Waals surface area contributed by atoms with E-state index in [0.29, 0.717) is 42.0 Å². The van der Waals surface area contributed by atoms with Crippen molar-refractivity contribution in [2.24, 2.45) is 0 Å². The van der Waals surface area contributed by atoms with E-state index in [1.165, 1.54) is 11.3 Å². The first-order chi connectivity index (χ1) is 12.7. The van der Waals surface area contributed by atoms with Gasteiger partial charge in [0.1, 0.15) is 10.7 Å². The molecule has 0 saturated carbocycles. The van der Waals surface area contributed by atoms with Crippen LogP contribution in [-0.4, -0.2) is 24.1 Å². The second-order valence-electron chi connectivity index (χ2n) is 5.69. The van der Waals surface area contributed by atoms with Crippen LogP contribution in [-0.2, 0) is 6.54 Å². The third-order valence-corrected chi connectivity index (χ3v) is 5.68. The summed E-state index contributed by atoms with van der Waals surface area (Å²) in [5.74, 6) is 0.970. The number of hydrogen-bond acceptors (Lipinski definition) is 6. The van der Waals surface area contributed by atoms with Crippen LogP contribution in [0, 0.1) is 0 Å². The van der Waals surface area contributed by atoms with Gasteiger partial charge in [0.2, 0.25) is 0 Å². The van der Waals surface area contributed by atoms with Crippen molar-refractivity contribution < 1.29 is 14.3 Å². The Bertz CT molecular complexity index is 925. The Labute approximate surface area is 163 Å². The van der Waals surface area contributed by atoms with Crippen LogP contribution in [0.5, 0.6) is 11.5 Å². The SMILES string of the molecule is O=C(NCc1cc(Cl)c2c(c1)OCCCO2)c1csc(-c2ccsc2)n1. The molecule has 1 amide bonds. The van der Waals surface area contributed by atoms with Crippen molar-refractivity contribution in [3.8, 4) is 22.1 Å². The molecule has 1 aromatic carbocycles. The number of nitrogens with one attached hydrogen (secondary N) is 1. The van der Waals surface area contributed by atoms with E-state index >= 15 is 0 Å². The minimum Gasteiger partial charge on any atom is -0.489 e. The van der Waals surface area contributed by atoms with Gasteiger partial charge in [-0.2, -0.15) is 11.3 Å². The first kappa shape index (κ1) is 17.3. The van der Waals surface area contributed by atoms with Gasteiger partial charge >= 0.3 is 0 Å². The van der Waals surface area contributed by atoms with E-state index in [4.69, 9.17) is 21.1 Å². The van der Waals surface area contributed by atoms with Gasteiger partial charge in [-0.05, 0) is 29.1 Å². The van der Waals surface area contributed by atoms with Crippen molar-refractivity contribution in [1.29, 1.82) is 0 Å². The summed E-state index contributed by atoms with van der Waals surface area (Å²) in [7, 11) is 0. The van der Waals surface area contributed by atoms with Gasteiger partial charge in [0, 0.05) is 29.3 Å². The first-order valence-electron chi connectivity index (χ1n) is 8.05. The number of carbonyl (C=O) groups is 1. The molecule has 0 radical (unpaired) electrons. The molecule has 5 nitrogen and oxygen atoms in total. The molecule has 4 rings (SSSR count). The smallest absolute Gasteiger partial charge is 0.271 e. The van der Waals surface area contributed by atoms with Crippen LogP contribution < -0.4 is 14.8 Å². The van der Waals surface area contributed by atoms with Crippen LogP contribution in [0.2, 0.25) is 5.02 Å². The molecule has 3 aromatic rings. The fourth-order valence-electron chi connectivity index (χ4n) is 2.56. The molecule has 0 bridgehead atoms. The second-order valence-corrected chi connectivity index (χ2v) is 7.73. The van der Waals surface area contributed by atoms with E-state index in [9.17, 15) is 4.79 Å². The molecule has 0 unspecified atom stereocenters. The van der Waals surface area contributed by atoms with Crippen molar-refractivity contribution in [2.75, 3.05) is 13.2 Å². The molecule has 0 saturated heterocycles. The summed E-state index contributed by atoms with van der Waals surface area (Å²) in [5, 5.41) is 9.98. The number of amides is 1. The van der Waals surface area contributed by atoms with E-state index < -0.39 is 0 Å². The summed E-state index contributed by atoms with van der Waals surface area (Å²) in [4.78, 5) is 16.8. The van der Waals surface area contributed by atoms with Crippen LogP contribution in [0.1, 0.15) is 22.5 Å². The highest BCUT2D eigenvalue weighted by Crippen LogP contribution is 2.38. The summed E-state index contributed by atoms with van der Waals surface area (Å²) in [5.41, 5.74) is 2.30. The quantitative estimate of drug-likeness (QED) is 0.687. The number of carbonyl (C=O) groups excluding carboxylic acids is 1. The van der Waals surface area contributed by atoms with E-state index in [0.717, 1.165) is 22.6 Å². The fraction of sp³-hybridized carbons (Fsp3) is 0.222. The predicted octanol–water partition coefficient (Wildman–Crippen LogP) is 4.62. The number of ether oxygens (including phenoxy) is 2. The van der Waals surface area contributed by atoms with E-state index in [1.54, 1.807) is 22.8 Å². The Balaban J connectivity index is 1.45. The highest BCUT2D eigenvalue weighted by Gasteiger charge is 2.17. The molecule has 1 aliphatic heterocycles. The van der Waals surface area contributed by atoms with Crippen LogP contribution in [0.4, 0.5) is 0 Å². The van der Waals surface area contributed by atoms with Crippen LogP contribution in [0.25, 0.3) is 10.6 Å². The van der Waals surface area contributed by atoms with Gasteiger partial charge in [0.05, 0.1) is 18.2 Å². The van der Waals surface area contributed by atoms with Crippen molar-refractivity contribution in [3.63, 3.8) is 0 Å². The summed E-state index contributed by atoms with van der Waals surface area (Å²) in [6.45, 7) is 1.50. The van der Waals surface area contributed by atoms with Crippen molar-refractivity contribution in [3.05, 3.63) is 50.6 Å². The zero-order chi connectivity index (χ0) is 17.9. The Morgan fingerprint density at radius 2 is 2.15 bits per heavy atom. The monoisotopic (exact) mass is 406 g/mol. The predicted molar refractivity (Wildman–Crippen MR) is 104 cm³/mol. The maximum atomic E-state index is 12.4. The minimum absolute atomic E-state index is 0.217. The summed E-state index contributed by atoms with van der Waals surface area (Å²) in [6, 6.07) is 5.63. The molecule has 1 aliphatic rings. The van der Waals surface area contributed by atoms with Gasteiger partial charge < -0.3 is 14.8 Å². The average Bonchev–Trinajstić information content (AvgIpc) is 3.27. The lowest BCUT2D eigenvalue weighted by Gasteiger charge is -2.12. The largest absolute Gasteiger partial charge is 0.489 e. The number of benzene rings is 1. The maximum absolute atomic E-state index is 12.4. The average molecular weight is 407 g/mol. The zero-order valence-corrected chi connectivity index (χ0v) is 16.0. The number of nitrogens with zero attached hydrogens (tertiary/aromatic N) is 1. The fourth-order valence-corrected chi connectivity index (χ4v) is 4.36. The first-order valence-corrected chi connectivity index (χ1v) is 10.2. The molecule has 1 N–H and O–H groups in total. The third-order valence-electron chi connectivity index (χ3n) is 3.82. The third kappa shape index (κ3) is 3.70. The number of aromatic nitrogens is 1. The van der Waals surface area contributed by atoms with Gasteiger partial charge in [-0.3, -0.25) is 4.79 Å². The number of halogens is 1. The Morgan fingerprint density at radius 3 is 3.00 bits per heavy atom. The van der Waals surface area contributed by atoms with Gasteiger partial charge in [0.15, 0.2) is 11.5 Å². The molecule has 26 heavy (non-hydrogen) atoms. The van der Waals surface area contributed by atoms with E-state index in [2.05, 4.69) is 10.3 Å². The summed E-state index contributed by atoms with van der Waals surface area (Å²) < 4.78 is 11.3. The highest BCUT2D eigenvalue weighted by molar-refractivity contribution is 7.14. The lowest BCUT2D eigenvalue weighted by molar-refractivity contribution is 0.0946. The molecule has 2 aromatic heterocycles. The van der Waals surface area contributed by atoms with E-state index in [-0.39, 0.29) is 5.91 Å². The molecule has 0 atom stereocenters. The Morgan fingerprint density at radius 1 is 1.27 bits per heavy atom. The number of thiazole rings is 1. The van der Waals surface area contributed by atoms with Crippen molar-refractivity contribution in [1.82, 2.24) is 10.3 Å². The highest BCUT2D eigenvalue weighted by atomic mass is 35.5. The van der Waals surface area contributed by atoms with Crippen LogP contribution in [0.3, 0.4) is 0 Å². The normalized spacial score (nSPS) is 13.3. The molecular formula is C18H15ClN2O3S2. The molecule has 8 heteroatoms. The number of thiophene rings is 1. The topological polar surface area (TPSA) is 60.5 Å². The second kappa shape index (κ2) is 7.65. The van der Waals surface area contributed by atoms with Gasteiger partial charge in [-0.25, -0.2) is 4.98 Å². The minimum atomic E-state index is -0.217. The van der Waals surface area contributed by atoms with E-state index in [1.807, 2.05) is 22.9 Å². The lowest BCUT2D eigenvalue weighted by Crippen LogP contribution is -2.23. The number of fused-ring (bicyclic) bond motifs is 1. The van der Waals surface area contributed by atoms with Crippen molar-refractivity contribution in [2.45, 2.75) is 13.0 Å². The molecule has 0 fully saturated rings. The van der Waals surface area contributed by atoms with Crippen molar-refractivity contribution >= 4 is 40.2 Å². The summed E-state index contributed by atoms with van der Waals surface area (Å²) in [6.07, 6.45) is 0.813. The van der Waals surface area contributed by atoms with Crippen LogP contribution in [0.15, 0.2) is 34.3 Å². The molecule has 134 valence electrons. The Kier molecular flexibility index (Phi) is 5.10. The number of rotatable bonds is 4. The molecule has 3 heterocycles. The van der Waals surface area contributed by atoms with Crippen LogP contribution >= 0.6 is 34.3 Å². The zero-order valence-electron chi connectivity index (χ0n) is 13.7. The van der Waals surface area contributed by atoms with Gasteiger partial charge in [-0.15, -0.1) is 11.3 Å². The number of hydrogen-bond donors (Lipinski definition) is 1.